The number of para-hydroxylation sites is 1. The molecular formula is C12H15N5O. The summed E-state index contributed by atoms with van der Waals surface area (Å²) in [5.41, 5.74) is 3.46. The van der Waals surface area contributed by atoms with Gasteiger partial charge in [0.1, 0.15) is 11.6 Å². The van der Waals surface area contributed by atoms with Crippen LogP contribution in [-0.2, 0) is 6.54 Å². The molecule has 4 N–H and O–H groups in total. The average molecular weight is 245 g/mol. The zero-order chi connectivity index (χ0) is 12.8. The van der Waals surface area contributed by atoms with Crippen molar-refractivity contribution in [3.63, 3.8) is 0 Å². The number of nitrogen functional groups attached to an aromatic ring is 1. The van der Waals surface area contributed by atoms with E-state index in [0.717, 1.165) is 11.3 Å². The zero-order valence-electron chi connectivity index (χ0n) is 10.1. The number of hydrogen-bond donors (Lipinski definition) is 3. The van der Waals surface area contributed by atoms with Gasteiger partial charge in [0.2, 0.25) is 5.95 Å². The van der Waals surface area contributed by atoms with E-state index < -0.39 is 0 Å². The Hall–Kier alpha value is -2.34. The molecule has 0 unspecified atom stereocenters. The highest BCUT2D eigenvalue weighted by Crippen LogP contribution is 2.18. The van der Waals surface area contributed by atoms with Crippen molar-refractivity contribution in [3.8, 4) is 5.75 Å². The van der Waals surface area contributed by atoms with Crippen LogP contribution in [0, 0.1) is 0 Å². The SMILES string of the molecule is COc1ccccc1CNc1ccnc(NN)n1. The zero-order valence-corrected chi connectivity index (χ0v) is 10.1. The molecule has 2 rings (SSSR count). The van der Waals surface area contributed by atoms with Crippen LogP contribution in [0.1, 0.15) is 5.56 Å². The van der Waals surface area contributed by atoms with Crippen LogP contribution in [0.4, 0.5) is 11.8 Å². The third kappa shape index (κ3) is 2.86. The number of rotatable bonds is 5. The Balaban J connectivity index is 2.06. The normalized spacial score (nSPS) is 9.89. The predicted molar refractivity (Wildman–Crippen MR) is 70.2 cm³/mol. The largest absolute Gasteiger partial charge is 0.496 e. The number of hydrogen-bond acceptors (Lipinski definition) is 6. The number of aromatic nitrogens is 2. The molecule has 0 aliphatic rings. The lowest BCUT2D eigenvalue weighted by Gasteiger charge is -2.10. The minimum absolute atomic E-state index is 0.375. The maximum atomic E-state index is 5.27. The fourth-order valence-corrected chi connectivity index (χ4v) is 1.56. The molecule has 18 heavy (non-hydrogen) atoms. The number of methoxy groups -OCH3 is 1. The van der Waals surface area contributed by atoms with Crippen LogP contribution in [-0.4, -0.2) is 17.1 Å². The molecule has 1 aromatic heterocycles. The molecule has 0 amide bonds. The van der Waals surface area contributed by atoms with Crippen LogP contribution in [0.5, 0.6) is 5.75 Å². The quantitative estimate of drug-likeness (QED) is 0.545. The van der Waals surface area contributed by atoms with Crippen molar-refractivity contribution in [2.75, 3.05) is 17.9 Å². The molecule has 0 fully saturated rings. The Kier molecular flexibility index (Phi) is 3.93. The number of ether oxygens (including phenoxy) is 1. The Morgan fingerprint density at radius 2 is 2.11 bits per heavy atom. The van der Waals surface area contributed by atoms with Crippen LogP contribution < -0.4 is 21.3 Å². The summed E-state index contributed by atoms with van der Waals surface area (Å²) in [6.45, 7) is 0.616. The van der Waals surface area contributed by atoms with E-state index in [1.807, 2.05) is 24.3 Å². The number of nitrogens with two attached hydrogens (primary N) is 1. The Labute approximate surface area is 105 Å². The highest BCUT2D eigenvalue weighted by atomic mass is 16.5. The van der Waals surface area contributed by atoms with Gasteiger partial charge in [-0.25, -0.2) is 10.8 Å². The fourth-order valence-electron chi connectivity index (χ4n) is 1.56. The molecule has 0 radical (unpaired) electrons. The molecule has 0 aliphatic heterocycles. The summed E-state index contributed by atoms with van der Waals surface area (Å²) in [6.07, 6.45) is 1.63. The molecule has 2 aromatic rings. The lowest BCUT2D eigenvalue weighted by molar-refractivity contribution is 0.410. The summed E-state index contributed by atoms with van der Waals surface area (Å²) in [5, 5.41) is 3.18. The van der Waals surface area contributed by atoms with E-state index in [9.17, 15) is 0 Å². The minimum atomic E-state index is 0.375. The first-order chi connectivity index (χ1) is 8.83. The first-order valence-corrected chi connectivity index (χ1v) is 5.49. The monoisotopic (exact) mass is 245 g/mol. The van der Waals surface area contributed by atoms with Crippen LogP contribution in [0.25, 0.3) is 0 Å². The van der Waals surface area contributed by atoms with Gasteiger partial charge in [0.15, 0.2) is 0 Å². The molecule has 6 nitrogen and oxygen atoms in total. The summed E-state index contributed by atoms with van der Waals surface area (Å²) in [5.74, 6) is 7.17. The average Bonchev–Trinajstić information content (AvgIpc) is 2.45. The van der Waals surface area contributed by atoms with Crippen molar-refractivity contribution in [2.45, 2.75) is 6.54 Å². The van der Waals surface area contributed by atoms with Crippen molar-refractivity contribution in [1.29, 1.82) is 0 Å². The second-order valence-corrected chi connectivity index (χ2v) is 3.58. The number of nitrogens with one attached hydrogen (secondary N) is 2. The van der Waals surface area contributed by atoms with Crippen molar-refractivity contribution in [3.05, 3.63) is 42.1 Å². The van der Waals surface area contributed by atoms with E-state index >= 15 is 0 Å². The second-order valence-electron chi connectivity index (χ2n) is 3.58. The van der Waals surface area contributed by atoms with Gasteiger partial charge in [-0.2, -0.15) is 4.98 Å². The van der Waals surface area contributed by atoms with E-state index in [1.54, 1.807) is 19.4 Å². The van der Waals surface area contributed by atoms with Crippen LogP contribution in [0.3, 0.4) is 0 Å². The highest BCUT2D eigenvalue weighted by molar-refractivity contribution is 5.42. The summed E-state index contributed by atoms with van der Waals surface area (Å²) in [4.78, 5) is 8.10. The molecule has 0 bridgehead atoms. The van der Waals surface area contributed by atoms with E-state index in [2.05, 4.69) is 20.7 Å². The van der Waals surface area contributed by atoms with E-state index in [1.165, 1.54) is 0 Å². The molecule has 0 spiro atoms. The standard InChI is InChI=1S/C12H15N5O/c1-18-10-5-3-2-4-9(10)8-15-11-6-7-14-12(16-11)17-13/h2-7H,8,13H2,1H3,(H2,14,15,16,17). The van der Waals surface area contributed by atoms with Gasteiger partial charge in [-0.05, 0) is 12.1 Å². The van der Waals surface area contributed by atoms with Gasteiger partial charge in [-0.15, -0.1) is 0 Å². The summed E-state index contributed by atoms with van der Waals surface area (Å²) in [7, 11) is 1.65. The molecule has 1 aromatic carbocycles. The van der Waals surface area contributed by atoms with Crippen LogP contribution in [0.15, 0.2) is 36.5 Å². The first-order valence-electron chi connectivity index (χ1n) is 5.49. The van der Waals surface area contributed by atoms with Gasteiger partial charge in [0.05, 0.1) is 7.11 Å². The molecular weight excluding hydrogens is 230 g/mol. The van der Waals surface area contributed by atoms with E-state index in [4.69, 9.17) is 10.6 Å². The van der Waals surface area contributed by atoms with Crippen molar-refractivity contribution >= 4 is 11.8 Å². The number of anilines is 2. The fraction of sp³-hybridized carbons (Fsp3) is 0.167. The molecule has 6 heteroatoms. The van der Waals surface area contributed by atoms with Crippen LogP contribution >= 0.6 is 0 Å². The van der Waals surface area contributed by atoms with Crippen molar-refractivity contribution in [2.24, 2.45) is 5.84 Å². The Morgan fingerprint density at radius 3 is 2.89 bits per heavy atom. The van der Waals surface area contributed by atoms with Crippen molar-refractivity contribution < 1.29 is 4.74 Å². The molecule has 0 saturated carbocycles. The summed E-state index contributed by atoms with van der Waals surface area (Å²) < 4.78 is 5.27. The highest BCUT2D eigenvalue weighted by Gasteiger charge is 2.02. The first kappa shape index (κ1) is 12.1. The van der Waals surface area contributed by atoms with Gasteiger partial charge in [0, 0.05) is 18.3 Å². The maximum absolute atomic E-state index is 5.27. The van der Waals surface area contributed by atoms with Crippen LogP contribution in [0.2, 0.25) is 0 Å². The minimum Gasteiger partial charge on any atom is -0.496 e. The smallest absolute Gasteiger partial charge is 0.239 e. The third-order valence-electron chi connectivity index (χ3n) is 2.44. The Bertz CT molecular complexity index is 517. The number of nitrogens with zero attached hydrogens (tertiary/aromatic N) is 2. The number of hydrazine groups is 1. The molecule has 0 aliphatic carbocycles. The van der Waals surface area contributed by atoms with Gasteiger partial charge in [-0.1, -0.05) is 18.2 Å². The summed E-state index contributed by atoms with van der Waals surface area (Å²) >= 11 is 0. The molecule has 1 heterocycles. The Morgan fingerprint density at radius 1 is 1.28 bits per heavy atom. The number of benzene rings is 1. The molecule has 94 valence electrons. The van der Waals surface area contributed by atoms with E-state index in [0.29, 0.717) is 18.3 Å². The molecule has 0 saturated heterocycles. The van der Waals surface area contributed by atoms with E-state index in [-0.39, 0.29) is 0 Å². The third-order valence-corrected chi connectivity index (χ3v) is 2.44. The lowest BCUT2D eigenvalue weighted by Crippen LogP contribution is -2.11. The van der Waals surface area contributed by atoms with Gasteiger partial charge >= 0.3 is 0 Å². The topological polar surface area (TPSA) is 85.1 Å². The van der Waals surface area contributed by atoms with Gasteiger partial charge in [-0.3, -0.25) is 5.43 Å². The summed E-state index contributed by atoms with van der Waals surface area (Å²) in [6, 6.07) is 9.59. The predicted octanol–water partition coefficient (Wildman–Crippen LogP) is 1.38. The lowest BCUT2D eigenvalue weighted by atomic mass is 10.2. The van der Waals surface area contributed by atoms with Gasteiger partial charge in [0.25, 0.3) is 0 Å². The van der Waals surface area contributed by atoms with Crippen molar-refractivity contribution in [1.82, 2.24) is 9.97 Å². The second kappa shape index (κ2) is 5.83. The maximum Gasteiger partial charge on any atom is 0.239 e. The molecule has 0 atom stereocenters. The van der Waals surface area contributed by atoms with Gasteiger partial charge < -0.3 is 10.1 Å².